The molecule has 0 aliphatic carbocycles. The zero-order valence-corrected chi connectivity index (χ0v) is 19.0. The van der Waals surface area contributed by atoms with E-state index in [1.165, 1.54) is 12.3 Å². The summed E-state index contributed by atoms with van der Waals surface area (Å²) in [6, 6.07) is 0. The minimum Gasteiger partial charge on any atom is -0.387 e. The van der Waals surface area contributed by atoms with E-state index in [4.69, 9.17) is 14.5 Å². The van der Waals surface area contributed by atoms with Crippen LogP contribution in [0.15, 0.2) is 37.0 Å². The first-order chi connectivity index (χ1) is 14.3. The van der Waals surface area contributed by atoms with E-state index in [-0.39, 0.29) is 5.82 Å². The maximum Gasteiger partial charge on any atom is 0.490 e. The third kappa shape index (κ3) is 6.13. The summed E-state index contributed by atoms with van der Waals surface area (Å²) in [6.45, 7) is 5.68. The number of alkyl halides is 1. The third-order valence-corrected chi connectivity index (χ3v) is 8.09. The fourth-order valence-electron chi connectivity index (χ4n) is 2.92. The standard InChI is InChI=1S/C13H22FN2O13P3/c1-8-4-5-16(9(2)15-8)11-13(18,6-14)10(17)12(3,27-11)7-26-31(22,23)29-32(24,25)28-30(19,20)21/h4-5,10-11,15,17-18H,1-2,6-7H2,3H3,(H,22,23)(H,24,25)(H2,19,20,21)/t10-,11+,12+,13?/m0/s1. The number of allylic oxidation sites excluding steroid dienone is 1. The third-order valence-electron chi connectivity index (χ3n) is 4.31. The summed E-state index contributed by atoms with van der Waals surface area (Å²) in [6.07, 6.45) is -0.970. The molecule has 2 heterocycles. The maximum absolute atomic E-state index is 13.8. The molecule has 32 heavy (non-hydrogen) atoms. The van der Waals surface area contributed by atoms with Crippen molar-refractivity contribution in [3.05, 3.63) is 37.0 Å². The van der Waals surface area contributed by atoms with E-state index < -0.39 is 60.3 Å². The summed E-state index contributed by atoms with van der Waals surface area (Å²) >= 11 is 0. The highest BCUT2D eigenvalue weighted by molar-refractivity contribution is 7.66. The molecule has 0 spiro atoms. The molecule has 0 aromatic carbocycles. The van der Waals surface area contributed by atoms with Crippen molar-refractivity contribution < 1.29 is 65.8 Å². The summed E-state index contributed by atoms with van der Waals surface area (Å²) in [5, 5.41) is 23.9. The van der Waals surface area contributed by atoms with Gasteiger partial charge in [0.25, 0.3) is 0 Å². The van der Waals surface area contributed by atoms with Gasteiger partial charge in [-0.3, -0.25) is 4.52 Å². The van der Waals surface area contributed by atoms with Gasteiger partial charge in [0, 0.05) is 11.9 Å². The molecule has 2 aliphatic rings. The second kappa shape index (κ2) is 9.01. The molecule has 15 nitrogen and oxygen atoms in total. The molecule has 0 aromatic rings. The van der Waals surface area contributed by atoms with Crippen LogP contribution in [0.5, 0.6) is 0 Å². The fraction of sp³-hybridized carbons (Fsp3) is 0.538. The number of nitrogens with one attached hydrogen (secondary N) is 1. The number of aliphatic hydroxyl groups excluding tert-OH is 1. The fourth-order valence-corrected chi connectivity index (χ4v) is 6.03. The first-order valence-electron chi connectivity index (χ1n) is 8.38. The molecule has 1 fully saturated rings. The zero-order chi connectivity index (χ0) is 24.8. The predicted molar refractivity (Wildman–Crippen MR) is 102 cm³/mol. The van der Waals surface area contributed by atoms with Crippen molar-refractivity contribution in [2.45, 2.75) is 30.5 Å². The Morgan fingerprint density at radius 2 is 1.81 bits per heavy atom. The second-order valence-electron chi connectivity index (χ2n) is 6.99. The molecule has 0 amide bonds. The minimum absolute atomic E-state index is 0.0821. The van der Waals surface area contributed by atoms with Gasteiger partial charge in [-0.2, -0.15) is 8.62 Å². The lowest BCUT2D eigenvalue weighted by Gasteiger charge is -2.38. The van der Waals surface area contributed by atoms with Crippen LogP contribution >= 0.6 is 23.5 Å². The highest BCUT2D eigenvalue weighted by atomic mass is 31.3. The summed E-state index contributed by atoms with van der Waals surface area (Å²) in [7, 11) is -16.9. The topological polar surface area (TPSA) is 225 Å². The van der Waals surface area contributed by atoms with E-state index in [0.29, 0.717) is 5.70 Å². The first-order valence-corrected chi connectivity index (χ1v) is 12.9. The van der Waals surface area contributed by atoms with Crippen molar-refractivity contribution in [3.8, 4) is 0 Å². The first kappa shape index (κ1) is 27.3. The molecular weight excluding hydrogens is 504 g/mol. The summed E-state index contributed by atoms with van der Waals surface area (Å²) in [5.74, 6) is 0.0821. The maximum atomic E-state index is 13.8. The van der Waals surface area contributed by atoms with Gasteiger partial charge in [-0.15, -0.1) is 0 Å². The molecule has 0 radical (unpaired) electrons. The van der Waals surface area contributed by atoms with Gasteiger partial charge >= 0.3 is 23.5 Å². The molecule has 184 valence electrons. The molecule has 0 bridgehead atoms. The lowest BCUT2D eigenvalue weighted by molar-refractivity contribution is -0.140. The summed E-state index contributed by atoms with van der Waals surface area (Å²) < 4.78 is 65.0. The van der Waals surface area contributed by atoms with Gasteiger partial charge in [-0.1, -0.05) is 13.2 Å². The Morgan fingerprint density at radius 1 is 1.22 bits per heavy atom. The molecule has 6 atom stereocenters. The van der Waals surface area contributed by atoms with Gasteiger partial charge in [0.15, 0.2) is 11.8 Å². The van der Waals surface area contributed by atoms with Crippen LogP contribution in [0.3, 0.4) is 0 Å². The number of hydrogen-bond acceptors (Lipinski definition) is 11. The van der Waals surface area contributed by atoms with Crippen LogP contribution in [0.1, 0.15) is 6.92 Å². The Labute approximate surface area is 180 Å². The average molecular weight is 526 g/mol. The summed E-state index contributed by atoms with van der Waals surface area (Å²) in [5.41, 5.74) is -4.29. The normalized spacial score (nSPS) is 34.8. The molecular formula is C13H22FN2O13P3. The molecule has 1 saturated heterocycles. The Morgan fingerprint density at radius 3 is 2.31 bits per heavy atom. The van der Waals surface area contributed by atoms with E-state index in [1.54, 1.807) is 0 Å². The Hall–Kier alpha value is -0.960. The number of nitrogens with zero attached hydrogens (tertiary/aromatic N) is 1. The van der Waals surface area contributed by atoms with Crippen LogP contribution in [0.4, 0.5) is 4.39 Å². The number of hydrogen-bond donors (Lipinski definition) is 7. The quantitative estimate of drug-likeness (QED) is 0.195. The Bertz CT molecular complexity index is 955. The van der Waals surface area contributed by atoms with E-state index in [0.717, 1.165) is 11.8 Å². The number of phosphoric acid groups is 3. The lowest BCUT2D eigenvalue weighted by atomic mass is 9.88. The largest absolute Gasteiger partial charge is 0.490 e. The number of rotatable bonds is 9. The van der Waals surface area contributed by atoms with Crippen molar-refractivity contribution in [1.29, 1.82) is 0 Å². The van der Waals surface area contributed by atoms with Gasteiger partial charge < -0.3 is 44.7 Å². The second-order valence-corrected chi connectivity index (χ2v) is 11.4. The molecule has 0 saturated carbocycles. The SMILES string of the molecule is C=C1C=CN([C@@H]2O[C@](C)(COP(=O)(O)OP(=O)(O)OP(=O)(O)O)[C@H](O)C2(O)CF)C(=C)N1. The highest BCUT2D eigenvalue weighted by Crippen LogP contribution is 2.66. The predicted octanol–water partition coefficient (Wildman–Crippen LogP) is -0.0900. The molecule has 3 unspecified atom stereocenters. The van der Waals surface area contributed by atoms with Gasteiger partial charge in [-0.25, -0.2) is 18.1 Å². The van der Waals surface area contributed by atoms with Crippen LogP contribution in [-0.2, 0) is 31.6 Å². The van der Waals surface area contributed by atoms with Crippen molar-refractivity contribution in [3.63, 3.8) is 0 Å². The van der Waals surface area contributed by atoms with Crippen LogP contribution < -0.4 is 5.32 Å². The van der Waals surface area contributed by atoms with Gasteiger partial charge in [0.2, 0.25) is 0 Å². The number of phosphoric ester groups is 1. The van der Waals surface area contributed by atoms with Crippen molar-refractivity contribution in [1.82, 2.24) is 10.2 Å². The van der Waals surface area contributed by atoms with E-state index >= 15 is 0 Å². The molecule has 2 rings (SSSR count). The highest BCUT2D eigenvalue weighted by Gasteiger charge is 2.64. The number of aliphatic hydroxyl groups is 2. The summed E-state index contributed by atoms with van der Waals surface area (Å²) in [4.78, 5) is 36.9. The molecule has 0 aromatic heterocycles. The van der Waals surface area contributed by atoms with E-state index in [9.17, 15) is 38.1 Å². The van der Waals surface area contributed by atoms with Crippen LogP contribution in [0.25, 0.3) is 0 Å². The van der Waals surface area contributed by atoms with Crippen LogP contribution in [0.2, 0.25) is 0 Å². The monoisotopic (exact) mass is 526 g/mol. The molecule has 19 heteroatoms. The van der Waals surface area contributed by atoms with Gasteiger partial charge in [0.05, 0.1) is 6.61 Å². The Kier molecular flexibility index (Phi) is 7.68. The molecule has 2 aliphatic heterocycles. The van der Waals surface area contributed by atoms with Gasteiger partial charge in [0.1, 0.15) is 24.2 Å². The van der Waals surface area contributed by atoms with E-state index in [2.05, 4.69) is 31.6 Å². The lowest BCUT2D eigenvalue weighted by Crippen LogP contribution is -2.57. The van der Waals surface area contributed by atoms with Crippen molar-refractivity contribution >= 4 is 23.5 Å². The minimum atomic E-state index is -5.77. The molecule has 7 N–H and O–H groups in total. The Balaban J connectivity index is 2.21. The van der Waals surface area contributed by atoms with Gasteiger partial charge in [-0.05, 0) is 13.0 Å². The van der Waals surface area contributed by atoms with Crippen LogP contribution in [0, 0.1) is 0 Å². The number of halogens is 1. The number of ether oxygens (including phenoxy) is 1. The van der Waals surface area contributed by atoms with Crippen molar-refractivity contribution in [2.75, 3.05) is 13.3 Å². The van der Waals surface area contributed by atoms with Crippen LogP contribution in [-0.4, -0.2) is 71.5 Å². The smallest absolute Gasteiger partial charge is 0.387 e. The van der Waals surface area contributed by atoms with Crippen molar-refractivity contribution in [2.24, 2.45) is 0 Å². The average Bonchev–Trinajstić information content (AvgIpc) is 2.80. The van der Waals surface area contributed by atoms with E-state index in [1.807, 2.05) is 0 Å². The zero-order valence-electron chi connectivity index (χ0n) is 16.3.